The third-order valence-electron chi connectivity index (χ3n) is 4.10. The summed E-state index contributed by atoms with van der Waals surface area (Å²) < 4.78 is 0. The molecule has 0 spiro atoms. The molecule has 21 heavy (non-hydrogen) atoms. The standard InChI is InChI=1S/C19H23NS/c1-3-9-17(10-4-1)19(13-16-20-14-7-8-15-20)21-18-11-5-2-6-12-18/h1-6,9-12,19H,7-8,13-16H2. The van der Waals surface area contributed by atoms with E-state index in [1.807, 2.05) is 11.8 Å². The third kappa shape index (κ3) is 4.36. The first-order valence-electron chi connectivity index (χ1n) is 7.91. The van der Waals surface area contributed by atoms with E-state index in [1.165, 1.54) is 49.4 Å². The zero-order valence-electron chi connectivity index (χ0n) is 12.4. The van der Waals surface area contributed by atoms with Crippen LogP contribution in [-0.4, -0.2) is 24.5 Å². The fourth-order valence-corrected chi connectivity index (χ4v) is 4.09. The molecule has 0 aromatic heterocycles. The van der Waals surface area contributed by atoms with Crippen LogP contribution >= 0.6 is 11.8 Å². The van der Waals surface area contributed by atoms with Gasteiger partial charge in [-0.2, -0.15) is 0 Å². The van der Waals surface area contributed by atoms with Gasteiger partial charge in [0.05, 0.1) is 0 Å². The molecule has 110 valence electrons. The van der Waals surface area contributed by atoms with Crippen molar-refractivity contribution < 1.29 is 0 Å². The van der Waals surface area contributed by atoms with Crippen molar-refractivity contribution in [3.8, 4) is 0 Å². The molecule has 1 nitrogen and oxygen atoms in total. The first kappa shape index (κ1) is 14.7. The lowest BCUT2D eigenvalue weighted by atomic mass is 10.1. The Labute approximate surface area is 132 Å². The lowest BCUT2D eigenvalue weighted by Crippen LogP contribution is -2.21. The molecule has 1 saturated heterocycles. The Hall–Kier alpha value is -1.25. The van der Waals surface area contributed by atoms with Crippen molar-refractivity contribution in [3.05, 3.63) is 66.2 Å². The van der Waals surface area contributed by atoms with Crippen LogP contribution in [0.1, 0.15) is 30.1 Å². The van der Waals surface area contributed by atoms with E-state index >= 15 is 0 Å². The molecular weight excluding hydrogens is 274 g/mol. The van der Waals surface area contributed by atoms with Crippen LogP contribution in [0.15, 0.2) is 65.6 Å². The third-order valence-corrected chi connectivity index (χ3v) is 5.44. The Kier molecular flexibility index (Phi) is 5.36. The van der Waals surface area contributed by atoms with Crippen LogP contribution in [0.25, 0.3) is 0 Å². The first-order valence-corrected chi connectivity index (χ1v) is 8.79. The average Bonchev–Trinajstić information content (AvgIpc) is 3.07. The zero-order chi connectivity index (χ0) is 14.3. The number of benzene rings is 2. The minimum absolute atomic E-state index is 0.550. The highest BCUT2D eigenvalue weighted by Gasteiger charge is 2.17. The summed E-state index contributed by atoms with van der Waals surface area (Å²) in [6.45, 7) is 3.80. The number of hydrogen-bond donors (Lipinski definition) is 0. The van der Waals surface area contributed by atoms with Gasteiger partial charge in [-0.05, 0) is 56.6 Å². The maximum Gasteiger partial charge on any atom is 0.0356 e. The fourth-order valence-electron chi connectivity index (χ4n) is 2.93. The molecule has 0 aliphatic carbocycles. The van der Waals surface area contributed by atoms with E-state index in [1.54, 1.807) is 0 Å². The van der Waals surface area contributed by atoms with Gasteiger partial charge in [-0.3, -0.25) is 0 Å². The molecule has 2 heteroatoms. The molecule has 1 fully saturated rings. The SMILES string of the molecule is c1ccc(SC(CCN2CCCC2)c2ccccc2)cc1. The van der Waals surface area contributed by atoms with Crippen LogP contribution in [0.5, 0.6) is 0 Å². The fraction of sp³-hybridized carbons (Fsp3) is 0.368. The molecular formula is C19H23NS. The van der Waals surface area contributed by atoms with Gasteiger partial charge in [-0.25, -0.2) is 0 Å². The maximum absolute atomic E-state index is 2.61. The van der Waals surface area contributed by atoms with Gasteiger partial charge < -0.3 is 4.90 Å². The molecule has 1 aliphatic heterocycles. The summed E-state index contributed by atoms with van der Waals surface area (Å²) in [6, 6.07) is 21.7. The van der Waals surface area contributed by atoms with Gasteiger partial charge >= 0.3 is 0 Å². The summed E-state index contributed by atoms with van der Waals surface area (Å²) in [7, 11) is 0. The Balaban J connectivity index is 1.68. The molecule has 0 N–H and O–H groups in total. The second kappa shape index (κ2) is 7.67. The largest absolute Gasteiger partial charge is 0.303 e. The van der Waals surface area contributed by atoms with Gasteiger partial charge in [0.15, 0.2) is 0 Å². The first-order chi connectivity index (χ1) is 10.4. The van der Waals surface area contributed by atoms with Crippen LogP contribution in [0.4, 0.5) is 0 Å². The van der Waals surface area contributed by atoms with Gasteiger partial charge in [0, 0.05) is 10.1 Å². The zero-order valence-corrected chi connectivity index (χ0v) is 13.3. The Bertz CT molecular complexity index is 520. The van der Waals surface area contributed by atoms with Gasteiger partial charge in [0.1, 0.15) is 0 Å². The van der Waals surface area contributed by atoms with Crippen LogP contribution < -0.4 is 0 Å². The summed E-state index contributed by atoms with van der Waals surface area (Å²) in [6.07, 6.45) is 3.98. The second-order valence-corrected chi connectivity index (χ2v) is 6.94. The van der Waals surface area contributed by atoms with E-state index in [0.29, 0.717) is 5.25 Å². The molecule has 0 radical (unpaired) electrons. The van der Waals surface area contributed by atoms with Crippen LogP contribution in [0, 0.1) is 0 Å². The highest BCUT2D eigenvalue weighted by Crippen LogP contribution is 2.37. The molecule has 1 aliphatic rings. The van der Waals surface area contributed by atoms with Crippen LogP contribution in [0.3, 0.4) is 0 Å². The highest BCUT2D eigenvalue weighted by atomic mass is 32.2. The van der Waals surface area contributed by atoms with Crippen molar-refractivity contribution in [2.45, 2.75) is 29.4 Å². The van der Waals surface area contributed by atoms with Crippen molar-refractivity contribution in [2.24, 2.45) is 0 Å². The van der Waals surface area contributed by atoms with Crippen molar-refractivity contribution in [1.82, 2.24) is 4.90 Å². The lowest BCUT2D eigenvalue weighted by Gasteiger charge is -2.21. The van der Waals surface area contributed by atoms with Gasteiger partial charge in [0.2, 0.25) is 0 Å². The van der Waals surface area contributed by atoms with E-state index in [9.17, 15) is 0 Å². The van der Waals surface area contributed by atoms with Gasteiger partial charge in [-0.15, -0.1) is 11.8 Å². The number of hydrogen-bond acceptors (Lipinski definition) is 2. The normalized spacial score (nSPS) is 17.0. The molecule has 2 aromatic carbocycles. The Morgan fingerprint density at radius 1 is 0.857 bits per heavy atom. The summed E-state index contributed by atoms with van der Waals surface area (Å²) in [5, 5.41) is 0.550. The van der Waals surface area contributed by atoms with E-state index in [0.717, 1.165) is 0 Å². The van der Waals surface area contributed by atoms with E-state index in [-0.39, 0.29) is 0 Å². The molecule has 0 bridgehead atoms. The molecule has 1 atom stereocenters. The van der Waals surface area contributed by atoms with E-state index in [2.05, 4.69) is 65.6 Å². The highest BCUT2D eigenvalue weighted by molar-refractivity contribution is 7.99. The summed E-state index contributed by atoms with van der Waals surface area (Å²) in [5.74, 6) is 0. The average molecular weight is 297 g/mol. The van der Waals surface area contributed by atoms with Crippen LogP contribution in [0.2, 0.25) is 0 Å². The molecule has 1 unspecified atom stereocenters. The summed E-state index contributed by atoms with van der Waals surface area (Å²) in [4.78, 5) is 3.98. The quantitative estimate of drug-likeness (QED) is 0.690. The molecule has 2 aromatic rings. The minimum atomic E-state index is 0.550. The predicted octanol–water partition coefficient (Wildman–Crippen LogP) is 5.01. The number of likely N-dealkylation sites (tertiary alicyclic amines) is 1. The summed E-state index contributed by atoms with van der Waals surface area (Å²) >= 11 is 2.00. The monoisotopic (exact) mass is 297 g/mol. The van der Waals surface area contributed by atoms with Crippen LogP contribution in [-0.2, 0) is 0 Å². The van der Waals surface area contributed by atoms with Gasteiger partial charge in [-0.1, -0.05) is 48.5 Å². The van der Waals surface area contributed by atoms with Crippen molar-refractivity contribution in [3.63, 3.8) is 0 Å². The minimum Gasteiger partial charge on any atom is -0.303 e. The second-order valence-electron chi connectivity index (χ2n) is 5.67. The number of thioether (sulfide) groups is 1. The number of nitrogens with zero attached hydrogens (tertiary/aromatic N) is 1. The lowest BCUT2D eigenvalue weighted by molar-refractivity contribution is 0.333. The Morgan fingerprint density at radius 3 is 2.14 bits per heavy atom. The molecule has 0 saturated carbocycles. The number of rotatable bonds is 6. The van der Waals surface area contributed by atoms with Crippen molar-refractivity contribution in [1.29, 1.82) is 0 Å². The molecule has 1 heterocycles. The topological polar surface area (TPSA) is 3.24 Å². The smallest absolute Gasteiger partial charge is 0.0356 e. The van der Waals surface area contributed by atoms with E-state index in [4.69, 9.17) is 0 Å². The predicted molar refractivity (Wildman–Crippen MR) is 91.8 cm³/mol. The molecule has 3 rings (SSSR count). The Morgan fingerprint density at radius 2 is 1.48 bits per heavy atom. The molecule has 0 amide bonds. The van der Waals surface area contributed by atoms with Gasteiger partial charge in [0.25, 0.3) is 0 Å². The van der Waals surface area contributed by atoms with Crippen molar-refractivity contribution >= 4 is 11.8 Å². The summed E-state index contributed by atoms with van der Waals surface area (Å²) in [5.41, 5.74) is 1.45. The van der Waals surface area contributed by atoms with E-state index < -0.39 is 0 Å². The van der Waals surface area contributed by atoms with Crippen molar-refractivity contribution in [2.75, 3.05) is 19.6 Å². The maximum atomic E-state index is 2.61.